The molecule has 8 heavy (non-hydrogen) atoms. The van der Waals surface area contributed by atoms with Gasteiger partial charge in [-0.2, -0.15) is 0 Å². The van der Waals surface area contributed by atoms with Crippen molar-refractivity contribution in [3.8, 4) is 0 Å². The van der Waals surface area contributed by atoms with Crippen molar-refractivity contribution >= 4 is 5.78 Å². The van der Waals surface area contributed by atoms with Crippen LogP contribution in [0.15, 0.2) is 0 Å². The van der Waals surface area contributed by atoms with Gasteiger partial charge in [0.25, 0.3) is 0 Å². The number of hydrogen-bond acceptors (Lipinski definition) is 2. The first kappa shape index (κ1) is 5.76. The van der Waals surface area contributed by atoms with Crippen molar-refractivity contribution in [2.75, 3.05) is 13.1 Å². The van der Waals surface area contributed by atoms with Crippen molar-refractivity contribution in [2.45, 2.75) is 12.8 Å². The lowest BCUT2D eigenvalue weighted by molar-refractivity contribution is -0.121. The number of likely N-dealkylation sites (tertiary alicyclic amines) is 1. The molecule has 1 saturated heterocycles. The number of hydrogen-bond donors (Lipinski definition) is 0. The van der Waals surface area contributed by atoms with E-state index in [1.54, 1.807) is 0 Å². The third kappa shape index (κ3) is 1.30. The summed E-state index contributed by atoms with van der Waals surface area (Å²) >= 11 is 0. The summed E-state index contributed by atoms with van der Waals surface area (Å²) in [4.78, 5) is 11.9. The van der Waals surface area contributed by atoms with Gasteiger partial charge in [0, 0.05) is 25.9 Å². The number of carbonyl (C=O) groups is 1. The molecule has 0 aromatic carbocycles. The van der Waals surface area contributed by atoms with Gasteiger partial charge in [0.05, 0.1) is 7.05 Å². The zero-order valence-corrected chi connectivity index (χ0v) is 4.68. The van der Waals surface area contributed by atoms with E-state index in [9.17, 15) is 4.79 Å². The number of nitrogens with zero attached hydrogens (tertiary/aromatic N) is 1. The first-order valence-corrected chi connectivity index (χ1v) is 2.77. The summed E-state index contributed by atoms with van der Waals surface area (Å²) in [6, 6.07) is 0. The summed E-state index contributed by atoms with van der Waals surface area (Å²) < 4.78 is 0. The van der Waals surface area contributed by atoms with E-state index >= 15 is 0 Å². The lowest BCUT2D eigenvalue weighted by atomic mass is 10.1. The molecule has 1 aliphatic heterocycles. The molecule has 0 unspecified atom stereocenters. The van der Waals surface area contributed by atoms with Crippen molar-refractivity contribution < 1.29 is 4.79 Å². The molecule has 0 aromatic rings. The Balaban J connectivity index is 2.29. The van der Waals surface area contributed by atoms with Crippen LogP contribution in [-0.2, 0) is 4.79 Å². The molecule has 1 heterocycles. The lowest BCUT2D eigenvalue weighted by Gasteiger charge is -2.18. The van der Waals surface area contributed by atoms with Crippen LogP contribution in [0, 0.1) is 7.05 Å². The predicted molar refractivity (Wildman–Crippen MR) is 29.1 cm³/mol. The molecule has 0 bridgehead atoms. The van der Waals surface area contributed by atoms with Crippen LogP contribution in [0.1, 0.15) is 12.8 Å². The SMILES string of the molecule is [C]N1CCC(=O)CC1. The molecule has 0 amide bonds. The van der Waals surface area contributed by atoms with Crippen molar-refractivity contribution in [1.29, 1.82) is 0 Å². The minimum Gasteiger partial charge on any atom is -0.300 e. The number of rotatable bonds is 0. The highest BCUT2D eigenvalue weighted by molar-refractivity contribution is 5.79. The Morgan fingerprint density at radius 2 is 1.88 bits per heavy atom. The average Bonchev–Trinajstić information content (AvgIpc) is 1.77. The minimum atomic E-state index is 0.300. The second-order valence-electron chi connectivity index (χ2n) is 2.03. The molecule has 1 rings (SSSR count). The zero-order chi connectivity index (χ0) is 5.98. The van der Waals surface area contributed by atoms with Crippen molar-refractivity contribution in [3.05, 3.63) is 7.05 Å². The predicted octanol–water partition coefficient (Wildman–Crippen LogP) is 0.197. The highest BCUT2D eigenvalue weighted by Gasteiger charge is 2.11. The second kappa shape index (κ2) is 2.27. The molecule has 0 N–H and O–H groups in total. The first-order chi connectivity index (χ1) is 3.79. The topological polar surface area (TPSA) is 20.3 Å². The maximum absolute atomic E-state index is 10.5. The summed E-state index contributed by atoms with van der Waals surface area (Å²) in [5, 5.41) is 0. The van der Waals surface area contributed by atoms with E-state index in [1.165, 1.54) is 4.90 Å². The minimum absolute atomic E-state index is 0.300. The van der Waals surface area contributed by atoms with E-state index in [2.05, 4.69) is 0 Å². The van der Waals surface area contributed by atoms with Gasteiger partial charge < -0.3 is 0 Å². The molecule has 0 aliphatic carbocycles. The molecule has 0 aromatic heterocycles. The highest BCUT2D eigenvalue weighted by atomic mass is 16.1. The van der Waals surface area contributed by atoms with Crippen LogP contribution in [0.25, 0.3) is 0 Å². The van der Waals surface area contributed by atoms with Gasteiger partial charge in [0.2, 0.25) is 0 Å². The Morgan fingerprint density at radius 3 is 2.25 bits per heavy atom. The van der Waals surface area contributed by atoms with Gasteiger partial charge >= 0.3 is 0 Å². The standard InChI is InChI=1S/C6H8NO/c1-7-4-2-6(8)3-5-7/h2-5H2. The van der Waals surface area contributed by atoms with Crippen LogP contribution in [0.5, 0.6) is 0 Å². The fourth-order valence-corrected chi connectivity index (χ4v) is 0.756. The van der Waals surface area contributed by atoms with Crippen LogP contribution < -0.4 is 0 Å². The first-order valence-electron chi connectivity index (χ1n) is 2.77. The summed E-state index contributed by atoms with van der Waals surface area (Å²) in [7, 11) is 7.04. The van der Waals surface area contributed by atoms with Gasteiger partial charge in [-0.15, -0.1) is 0 Å². The smallest absolute Gasteiger partial charge is 0.135 e. The Morgan fingerprint density at radius 1 is 1.38 bits per heavy atom. The summed E-state index contributed by atoms with van der Waals surface area (Å²) in [5.41, 5.74) is 0. The lowest BCUT2D eigenvalue weighted by Crippen LogP contribution is -2.28. The van der Waals surface area contributed by atoms with Crippen molar-refractivity contribution in [3.63, 3.8) is 0 Å². The van der Waals surface area contributed by atoms with E-state index < -0.39 is 0 Å². The number of ketones is 1. The van der Waals surface area contributed by atoms with Crippen molar-refractivity contribution in [1.82, 2.24) is 4.90 Å². The van der Waals surface area contributed by atoms with Crippen LogP contribution in [0.4, 0.5) is 0 Å². The Hall–Kier alpha value is -0.370. The molecule has 0 saturated carbocycles. The Labute approximate surface area is 49.5 Å². The Bertz CT molecular complexity index is 90.7. The molecule has 0 atom stereocenters. The third-order valence-corrected chi connectivity index (χ3v) is 1.32. The fraction of sp³-hybridized carbons (Fsp3) is 0.667. The quantitative estimate of drug-likeness (QED) is 0.444. The van der Waals surface area contributed by atoms with E-state index in [4.69, 9.17) is 7.05 Å². The molecule has 0 spiro atoms. The van der Waals surface area contributed by atoms with E-state index in [0.717, 1.165) is 0 Å². The molecule has 1 aliphatic rings. The average molecular weight is 110 g/mol. The molecule has 3 radical (unpaired) electrons. The maximum Gasteiger partial charge on any atom is 0.135 e. The zero-order valence-electron chi connectivity index (χ0n) is 4.68. The van der Waals surface area contributed by atoms with E-state index in [-0.39, 0.29) is 0 Å². The van der Waals surface area contributed by atoms with Crippen LogP contribution >= 0.6 is 0 Å². The van der Waals surface area contributed by atoms with Crippen LogP contribution in [0.3, 0.4) is 0 Å². The van der Waals surface area contributed by atoms with Crippen LogP contribution in [-0.4, -0.2) is 23.8 Å². The summed E-state index contributed by atoms with van der Waals surface area (Å²) in [5.74, 6) is 0.300. The van der Waals surface area contributed by atoms with E-state index in [0.29, 0.717) is 31.7 Å². The van der Waals surface area contributed by atoms with Gasteiger partial charge in [0.1, 0.15) is 5.78 Å². The second-order valence-corrected chi connectivity index (χ2v) is 2.03. The largest absolute Gasteiger partial charge is 0.300 e. The molecule has 1 fully saturated rings. The third-order valence-electron chi connectivity index (χ3n) is 1.32. The number of carbonyl (C=O) groups excluding carboxylic acids is 1. The maximum atomic E-state index is 10.5. The monoisotopic (exact) mass is 110 g/mol. The molecule has 43 valence electrons. The molecular formula is C6H8NO. The Kier molecular flexibility index (Phi) is 1.63. The van der Waals surface area contributed by atoms with Gasteiger partial charge in [-0.05, 0) is 0 Å². The van der Waals surface area contributed by atoms with Gasteiger partial charge in [-0.25, -0.2) is 0 Å². The summed E-state index contributed by atoms with van der Waals surface area (Å²) in [6.07, 6.45) is 1.15. The number of Topliss-reactive ketones (excluding diaryl/α,β-unsaturated/α-hetero) is 1. The molecular weight excluding hydrogens is 102 g/mol. The molecule has 2 nitrogen and oxygen atoms in total. The van der Waals surface area contributed by atoms with Gasteiger partial charge in [-0.1, -0.05) is 0 Å². The van der Waals surface area contributed by atoms with Crippen molar-refractivity contribution in [2.24, 2.45) is 0 Å². The molecule has 2 heteroatoms. The highest BCUT2D eigenvalue weighted by Crippen LogP contribution is 2.02. The fourth-order valence-electron chi connectivity index (χ4n) is 0.756. The normalized spacial score (nSPS) is 23.9. The van der Waals surface area contributed by atoms with E-state index in [1.807, 2.05) is 0 Å². The summed E-state index contributed by atoms with van der Waals surface area (Å²) in [6.45, 7) is 1.25. The van der Waals surface area contributed by atoms with Crippen LogP contribution in [0.2, 0.25) is 0 Å². The van der Waals surface area contributed by atoms with Gasteiger partial charge in [-0.3, -0.25) is 9.69 Å². The van der Waals surface area contributed by atoms with Gasteiger partial charge in [0.15, 0.2) is 0 Å². The number of piperidine rings is 1.